The Labute approximate surface area is 117 Å². The van der Waals surface area contributed by atoms with Crippen LogP contribution in [0.2, 0.25) is 0 Å². The molecule has 2 unspecified atom stereocenters. The molecule has 2 rings (SSSR count). The number of ether oxygens (including phenoxy) is 1. The SMILES string of the molecule is CCCNCC(C)C(C)c1cccc2c1OCCC2. The van der Waals surface area contributed by atoms with Crippen LogP contribution in [-0.4, -0.2) is 19.7 Å². The average Bonchev–Trinajstić information content (AvgIpc) is 2.46. The normalized spacial score (nSPS) is 17.4. The van der Waals surface area contributed by atoms with E-state index in [0.29, 0.717) is 11.8 Å². The summed E-state index contributed by atoms with van der Waals surface area (Å²) >= 11 is 0. The Hall–Kier alpha value is -1.02. The summed E-state index contributed by atoms with van der Waals surface area (Å²) in [6.45, 7) is 9.93. The smallest absolute Gasteiger partial charge is 0.125 e. The first-order valence-electron chi connectivity index (χ1n) is 7.69. The van der Waals surface area contributed by atoms with Gasteiger partial charge in [0.05, 0.1) is 6.61 Å². The van der Waals surface area contributed by atoms with Crippen molar-refractivity contribution < 1.29 is 4.74 Å². The van der Waals surface area contributed by atoms with Crippen molar-refractivity contribution >= 4 is 0 Å². The van der Waals surface area contributed by atoms with Crippen molar-refractivity contribution in [2.75, 3.05) is 19.7 Å². The molecule has 0 aliphatic carbocycles. The predicted molar refractivity (Wildman–Crippen MR) is 81.0 cm³/mol. The molecular weight excluding hydrogens is 234 g/mol. The van der Waals surface area contributed by atoms with Crippen LogP contribution in [0.15, 0.2) is 18.2 Å². The summed E-state index contributed by atoms with van der Waals surface area (Å²) in [6.07, 6.45) is 3.52. The highest BCUT2D eigenvalue weighted by Crippen LogP contribution is 2.36. The molecule has 0 fully saturated rings. The largest absolute Gasteiger partial charge is 0.493 e. The van der Waals surface area contributed by atoms with Gasteiger partial charge in [-0.15, -0.1) is 0 Å². The minimum Gasteiger partial charge on any atom is -0.493 e. The molecular formula is C17H27NO. The van der Waals surface area contributed by atoms with E-state index in [1.54, 1.807) is 0 Å². The molecule has 1 aliphatic rings. The molecule has 19 heavy (non-hydrogen) atoms. The van der Waals surface area contributed by atoms with Crippen LogP contribution in [0.1, 0.15) is 50.7 Å². The lowest BCUT2D eigenvalue weighted by Gasteiger charge is -2.26. The second-order valence-corrected chi connectivity index (χ2v) is 5.76. The molecule has 2 nitrogen and oxygen atoms in total. The van der Waals surface area contributed by atoms with Gasteiger partial charge in [-0.25, -0.2) is 0 Å². The highest BCUT2D eigenvalue weighted by atomic mass is 16.5. The van der Waals surface area contributed by atoms with Crippen LogP contribution in [0.4, 0.5) is 0 Å². The van der Waals surface area contributed by atoms with Gasteiger partial charge in [0.1, 0.15) is 5.75 Å². The van der Waals surface area contributed by atoms with Crippen LogP contribution >= 0.6 is 0 Å². The minimum atomic E-state index is 0.539. The van der Waals surface area contributed by atoms with E-state index in [4.69, 9.17) is 4.74 Å². The molecule has 0 saturated carbocycles. The van der Waals surface area contributed by atoms with Gasteiger partial charge in [-0.2, -0.15) is 0 Å². The number of hydrogen-bond acceptors (Lipinski definition) is 2. The van der Waals surface area contributed by atoms with Gasteiger partial charge in [-0.05, 0) is 55.3 Å². The molecule has 0 radical (unpaired) electrons. The summed E-state index contributed by atoms with van der Waals surface area (Å²) in [5, 5.41) is 3.52. The molecule has 1 heterocycles. The van der Waals surface area contributed by atoms with E-state index < -0.39 is 0 Å². The van der Waals surface area contributed by atoms with Crippen molar-refractivity contribution in [3.8, 4) is 5.75 Å². The van der Waals surface area contributed by atoms with E-state index >= 15 is 0 Å². The third-order valence-corrected chi connectivity index (χ3v) is 4.20. The first kappa shape index (κ1) is 14.4. The molecule has 0 amide bonds. The lowest BCUT2D eigenvalue weighted by Crippen LogP contribution is -2.25. The molecule has 2 atom stereocenters. The first-order valence-corrected chi connectivity index (χ1v) is 7.69. The standard InChI is InChI=1S/C17H27NO/c1-4-10-18-12-13(2)14(3)16-9-5-7-15-8-6-11-19-17(15)16/h5,7,9,13-14,18H,4,6,8,10-12H2,1-3H3. The van der Waals surface area contributed by atoms with Crippen molar-refractivity contribution in [3.05, 3.63) is 29.3 Å². The van der Waals surface area contributed by atoms with Gasteiger partial charge in [0.15, 0.2) is 0 Å². The van der Waals surface area contributed by atoms with Crippen LogP contribution in [0.3, 0.4) is 0 Å². The topological polar surface area (TPSA) is 21.3 Å². The highest BCUT2D eigenvalue weighted by molar-refractivity contribution is 5.44. The lowest BCUT2D eigenvalue weighted by atomic mass is 9.86. The molecule has 2 heteroatoms. The van der Waals surface area contributed by atoms with E-state index in [-0.39, 0.29) is 0 Å². The zero-order valence-corrected chi connectivity index (χ0v) is 12.5. The maximum Gasteiger partial charge on any atom is 0.125 e. The molecule has 0 bridgehead atoms. The van der Waals surface area contributed by atoms with Crippen molar-refractivity contribution in [2.45, 2.75) is 46.0 Å². The first-order chi connectivity index (χ1) is 9.24. The Bertz CT molecular complexity index is 402. The fourth-order valence-electron chi connectivity index (χ4n) is 2.76. The summed E-state index contributed by atoms with van der Waals surface area (Å²) in [7, 11) is 0. The molecule has 0 aromatic heterocycles. The van der Waals surface area contributed by atoms with E-state index in [9.17, 15) is 0 Å². The van der Waals surface area contributed by atoms with Crippen LogP contribution in [0.25, 0.3) is 0 Å². The Balaban J connectivity index is 2.08. The van der Waals surface area contributed by atoms with Crippen LogP contribution in [-0.2, 0) is 6.42 Å². The molecule has 0 spiro atoms. The van der Waals surface area contributed by atoms with Gasteiger partial charge in [0, 0.05) is 0 Å². The van der Waals surface area contributed by atoms with Crippen LogP contribution < -0.4 is 10.1 Å². The Morgan fingerprint density at radius 2 is 2.16 bits per heavy atom. The summed E-state index contributed by atoms with van der Waals surface area (Å²) in [4.78, 5) is 0. The molecule has 106 valence electrons. The van der Waals surface area contributed by atoms with E-state index in [2.05, 4.69) is 44.3 Å². The van der Waals surface area contributed by atoms with E-state index in [0.717, 1.165) is 26.1 Å². The highest BCUT2D eigenvalue weighted by Gasteiger charge is 2.21. The number of fused-ring (bicyclic) bond motifs is 1. The van der Waals surface area contributed by atoms with Gasteiger partial charge < -0.3 is 10.1 Å². The van der Waals surface area contributed by atoms with Gasteiger partial charge >= 0.3 is 0 Å². The van der Waals surface area contributed by atoms with Gasteiger partial charge in [-0.1, -0.05) is 39.0 Å². The molecule has 1 aliphatic heterocycles. The number of aryl methyl sites for hydroxylation is 1. The Kier molecular flexibility index (Phi) is 5.26. The maximum atomic E-state index is 5.93. The van der Waals surface area contributed by atoms with Crippen LogP contribution in [0, 0.1) is 5.92 Å². The zero-order chi connectivity index (χ0) is 13.7. The van der Waals surface area contributed by atoms with E-state index in [1.807, 2.05) is 0 Å². The summed E-state index contributed by atoms with van der Waals surface area (Å²) in [5.41, 5.74) is 2.78. The number of nitrogens with one attached hydrogen (secondary N) is 1. The Morgan fingerprint density at radius 1 is 1.32 bits per heavy atom. The lowest BCUT2D eigenvalue weighted by molar-refractivity contribution is 0.280. The summed E-state index contributed by atoms with van der Waals surface area (Å²) in [6, 6.07) is 6.64. The van der Waals surface area contributed by atoms with Crippen molar-refractivity contribution in [2.24, 2.45) is 5.92 Å². The number of hydrogen-bond donors (Lipinski definition) is 1. The minimum absolute atomic E-state index is 0.539. The van der Waals surface area contributed by atoms with Gasteiger partial charge in [0.25, 0.3) is 0 Å². The third-order valence-electron chi connectivity index (χ3n) is 4.20. The third kappa shape index (κ3) is 3.50. The van der Waals surface area contributed by atoms with Crippen LogP contribution in [0.5, 0.6) is 5.75 Å². The average molecular weight is 261 g/mol. The quantitative estimate of drug-likeness (QED) is 0.787. The second kappa shape index (κ2) is 6.95. The molecule has 1 aromatic carbocycles. The van der Waals surface area contributed by atoms with Crippen molar-refractivity contribution in [1.82, 2.24) is 5.32 Å². The number of rotatable bonds is 6. The van der Waals surface area contributed by atoms with Crippen molar-refractivity contribution in [3.63, 3.8) is 0 Å². The number of benzene rings is 1. The molecule has 1 N–H and O–H groups in total. The molecule has 1 aromatic rings. The Morgan fingerprint density at radius 3 is 2.95 bits per heavy atom. The van der Waals surface area contributed by atoms with Gasteiger partial charge in [-0.3, -0.25) is 0 Å². The monoisotopic (exact) mass is 261 g/mol. The second-order valence-electron chi connectivity index (χ2n) is 5.76. The maximum absolute atomic E-state index is 5.93. The zero-order valence-electron chi connectivity index (χ0n) is 12.5. The summed E-state index contributed by atoms with van der Waals surface area (Å²) < 4.78 is 5.93. The van der Waals surface area contributed by atoms with E-state index in [1.165, 1.54) is 29.7 Å². The molecule has 0 saturated heterocycles. The number of para-hydroxylation sites is 1. The fourth-order valence-corrected chi connectivity index (χ4v) is 2.76. The van der Waals surface area contributed by atoms with Crippen molar-refractivity contribution in [1.29, 1.82) is 0 Å². The predicted octanol–water partition coefficient (Wildman–Crippen LogP) is 3.75. The van der Waals surface area contributed by atoms with Gasteiger partial charge in [0.2, 0.25) is 0 Å². The fraction of sp³-hybridized carbons (Fsp3) is 0.647. The summed E-state index contributed by atoms with van der Waals surface area (Å²) in [5.74, 6) is 2.34.